The number of fused-ring (bicyclic) bond motifs is 1. The van der Waals surface area contributed by atoms with Gasteiger partial charge in [0.2, 0.25) is 10.1 Å². The standard InChI is InChI=1S/C12H9FN4O2S/c1-19-9-5-7(13)4-8(6-9)15-11-16-17-10(18)2-3-14-12(17)20-11/h2-6H,1H3,(H,15,16). The van der Waals surface area contributed by atoms with Crippen LogP contribution in [0.5, 0.6) is 5.75 Å². The smallest absolute Gasteiger partial charge is 0.275 e. The molecule has 0 unspecified atom stereocenters. The monoisotopic (exact) mass is 292 g/mol. The van der Waals surface area contributed by atoms with Gasteiger partial charge in [-0.05, 0) is 6.07 Å². The SMILES string of the molecule is COc1cc(F)cc(Nc2nn3c(=O)ccnc3s2)c1. The van der Waals surface area contributed by atoms with Gasteiger partial charge < -0.3 is 10.1 Å². The second-order valence-corrected chi connectivity index (χ2v) is 4.85. The van der Waals surface area contributed by atoms with Crippen LogP contribution >= 0.6 is 11.3 Å². The summed E-state index contributed by atoms with van der Waals surface area (Å²) in [5.74, 6) is -0.0350. The predicted octanol–water partition coefficient (Wildman–Crippen LogP) is 2.04. The van der Waals surface area contributed by atoms with Crippen LogP contribution in [-0.4, -0.2) is 21.7 Å². The highest BCUT2D eigenvalue weighted by Crippen LogP contribution is 2.25. The lowest BCUT2D eigenvalue weighted by Gasteiger charge is -2.05. The van der Waals surface area contributed by atoms with Crippen molar-refractivity contribution < 1.29 is 9.13 Å². The fraction of sp³-hybridized carbons (Fsp3) is 0.0833. The molecular formula is C12H9FN4O2S. The van der Waals surface area contributed by atoms with Crippen LogP contribution < -0.4 is 15.6 Å². The maximum absolute atomic E-state index is 13.4. The largest absolute Gasteiger partial charge is 0.497 e. The Bertz CT molecular complexity index is 830. The number of nitrogens with one attached hydrogen (secondary N) is 1. The first-order valence-corrected chi connectivity index (χ1v) is 6.44. The molecule has 2 heterocycles. The summed E-state index contributed by atoms with van der Waals surface area (Å²) in [6.07, 6.45) is 1.42. The van der Waals surface area contributed by atoms with Gasteiger partial charge in [0.15, 0.2) is 0 Å². The second kappa shape index (κ2) is 4.89. The quantitative estimate of drug-likeness (QED) is 0.800. The fourth-order valence-electron chi connectivity index (χ4n) is 1.67. The van der Waals surface area contributed by atoms with E-state index in [1.807, 2.05) is 0 Å². The summed E-state index contributed by atoms with van der Waals surface area (Å²) in [6, 6.07) is 5.54. The first-order valence-electron chi connectivity index (χ1n) is 5.62. The zero-order valence-electron chi connectivity index (χ0n) is 10.3. The zero-order chi connectivity index (χ0) is 14.1. The fourth-order valence-corrected chi connectivity index (χ4v) is 2.47. The molecule has 3 rings (SSSR count). The summed E-state index contributed by atoms with van der Waals surface area (Å²) in [6.45, 7) is 0. The van der Waals surface area contributed by atoms with Crippen LogP contribution in [0.3, 0.4) is 0 Å². The van der Waals surface area contributed by atoms with E-state index in [9.17, 15) is 9.18 Å². The number of benzene rings is 1. The number of anilines is 2. The number of hydrogen-bond acceptors (Lipinski definition) is 6. The maximum atomic E-state index is 13.4. The molecule has 3 aromatic rings. The van der Waals surface area contributed by atoms with Crippen LogP contribution in [0.1, 0.15) is 0 Å². The zero-order valence-corrected chi connectivity index (χ0v) is 11.1. The molecule has 0 saturated carbocycles. The molecule has 1 N–H and O–H groups in total. The molecule has 0 bridgehead atoms. The topological polar surface area (TPSA) is 68.5 Å². The summed E-state index contributed by atoms with van der Waals surface area (Å²) in [5.41, 5.74) is 0.213. The van der Waals surface area contributed by atoms with Crippen molar-refractivity contribution >= 4 is 27.1 Å². The maximum Gasteiger partial charge on any atom is 0.275 e. The molecule has 0 aliphatic carbocycles. The summed E-state index contributed by atoms with van der Waals surface area (Å²) in [5, 5.41) is 7.44. The van der Waals surface area contributed by atoms with Gasteiger partial charge in [0.05, 0.1) is 7.11 Å². The Morgan fingerprint density at radius 3 is 3.00 bits per heavy atom. The predicted molar refractivity (Wildman–Crippen MR) is 73.4 cm³/mol. The minimum Gasteiger partial charge on any atom is -0.497 e. The van der Waals surface area contributed by atoms with E-state index >= 15 is 0 Å². The van der Waals surface area contributed by atoms with Gasteiger partial charge >= 0.3 is 0 Å². The van der Waals surface area contributed by atoms with E-state index in [-0.39, 0.29) is 5.56 Å². The Morgan fingerprint density at radius 2 is 2.25 bits per heavy atom. The molecule has 2 aromatic heterocycles. The average molecular weight is 292 g/mol. The Hall–Kier alpha value is -2.48. The molecule has 0 fully saturated rings. The van der Waals surface area contributed by atoms with Gasteiger partial charge in [-0.25, -0.2) is 9.37 Å². The third kappa shape index (κ3) is 2.32. The van der Waals surface area contributed by atoms with E-state index in [0.717, 1.165) is 0 Å². The van der Waals surface area contributed by atoms with E-state index in [2.05, 4.69) is 15.4 Å². The molecule has 102 valence electrons. The third-order valence-electron chi connectivity index (χ3n) is 2.53. The van der Waals surface area contributed by atoms with Gasteiger partial charge in [0, 0.05) is 30.1 Å². The first kappa shape index (κ1) is 12.5. The Balaban J connectivity index is 1.99. The van der Waals surface area contributed by atoms with Gasteiger partial charge in [0.1, 0.15) is 11.6 Å². The van der Waals surface area contributed by atoms with Crippen molar-refractivity contribution in [1.82, 2.24) is 14.6 Å². The van der Waals surface area contributed by atoms with Crippen molar-refractivity contribution in [2.45, 2.75) is 0 Å². The van der Waals surface area contributed by atoms with Crippen molar-refractivity contribution in [1.29, 1.82) is 0 Å². The lowest BCUT2D eigenvalue weighted by atomic mass is 10.3. The van der Waals surface area contributed by atoms with Crippen LogP contribution in [0.15, 0.2) is 35.3 Å². The molecule has 0 amide bonds. The number of hydrogen-bond donors (Lipinski definition) is 1. The molecule has 6 nitrogen and oxygen atoms in total. The Kier molecular flexibility index (Phi) is 3.07. The highest BCUT2D eigenvalue weighted by molar-refractivity contribution is 7.20. The van der Waals surface area contributed by atoms with E-state index in [4.69, 9.17) is 4.74 Å². The molecule has 0 atom stereocenters. The molecule has 0 saturated heterocycles. The third-order valence-corrected chi connectivity index (χ3v) is 3.37. The van der Waals surface area contributed by atoms with Crippen molar-refractivity contribution in [2.24, 2.45) is 0 Å². The highest BCUT2D eigenvalue weighted by atomic mass is 32.1. The van der Waals surface area contributed by atoms with Crippen LogP contribution in [0.25, 0.3) is 4.96 Å². The van der Waals surface area contributed by atoms with E-state index < -0.39 is 5.82 Å². The summed E-state index contributed by atoms with van der Waals surface area (Å²) >= 11 is 1.19. The van der Waals surface area contributed by atoms with Crippen LogP contribution in [-0.2, 0) is 0 Å². The van der Waals surface area contributed by atoms with Gasteiger partial charge in [-0.15, -0.1) is 5.10 Å². The van der Waals surface area contributed by atoms with Crippen LogP contribution in [0.2, 0.25) is 0 Å². The molecule has 0 radical (unpaired) electrons. The minimum absolute atomic E-state index is 0.267. The number of halogens is 1. The first-order chi connectivity index (χ1) is 9.65. The van der Waals surface area contributed by atoms with Gasteiger partial charge in [-0.2, -0.15) is 4.52 Å². The van der Waals surface area contributed by atoms with Crippen molar-refractivity contribution in [2.75, 3.05) is 12.4 Å². The number of ether oxygens (including phenoxy) is 1. The molecular weight excluding hydrogens is 283 g/mol. The summed E-state index contributed by atoms with van der Waals surface area (Å²) < 4.78 is 19.6. The number of aromatic nitrogens is 3. The summed E-state index contributed by atoms with van der Waals surface area (Å²) in [7, 11) is 1.46. The van der Waals surface area contributed by atoms with E-state index in [1.165, 1.54) is 47.4 Å². The van der Waals surface area contributed by atoms with Crippen molar-refractivity contribution in [3.8, 4) is 5.75 Å². The van der Waals surface area contributed by atoms with Crippen molar-refractivity contribution in [3.63, 3.8) is 0 Å². The Labute approximate surface area is 116 Å². The van der Waals surface area contributed by atoms with Crippen molar-refractivity contribution in [3.05, 3.63) is 46.6 Å². The molecule has 0 aliphatic heterocycles. The van der Waals surface area contributed by atoms with Crippen LogP contribution in [0.4, 0.5) is 15.2 Å². The van der Waals surface area contributed by atoms with Gasteiger partial charge in [0.25, 0.3) is 5.56 Å². The minimum atomic E-state index is -0.428. The molecule has 20 heavy (non-hydrogen) atoms. The van der Waals surface area contributed by atoms with E-state index in [0.29, 0.717) is 21.5 Å². The molecule has 1 aromatic carbocycles. The number of nitrogens with zero attached hydrogens (tertiary/aromatic N) is 3. The lowest BCUT2D eigenvalue weighted by molar-refractivity contribution is 0.411. The van der Waals surface area contributed by atoms with E-state index in [1.54, 1.807) is 6.07 Å². The number of methoxy groups -OCH3 is 1. The summed E-state index contributed by atoms with van der Waals surface area (Å²) in [4.78, 5) is 16.1. The van der Waals surface area contributed by atoms with Crippen LogP contribution in [0, 0.1) is 5.82 Å². The Morgan fingerprint density at radius 1 is 1.40 bits per heavy atom. The lowest BCUT2D eigenvalue weighted by Crippen LogP contribution is -2.12. The highest BCUT2D eigenvalue weighted by Gasteiger charge is 2.07. The molecule has 0 aliphatic rings. The second-order valence-electron chi connectivity index (χ2n) is 3.89. The average Bonchev–Trinajstić information content (AvgIpc) is 2.82. The van der Waals surface area contributed by atoms with Gasteiger partial charge in [-0.3, -0.25) is 4.79 Å². The van der Waals surface area contributed by atoms with Gasteiger partial charge in [-0.1, -0.05) is 11.3 Å². The molecule has 8 heteroatoms. The molecule has 0 spiro atoms. The number of rotatable bonds is 3. The normalized spacial score (nSPS) is 10.7.